The van der Waals surface area contributed by atoms with Crippen LogP contribution in [-0.2, 0) is 9.53 Å². The molecule has 9 heteroatoms. The van der Waals surface area contributed by atoms with Gasteiger partial charge in [-0.05, 0) is 36.4 Å². The molecular weight excluding hydrogens is 366 g/mol. The Bertz CT molecular complexity index is 877. The van der Waals surface area contributed by atoms with Crippen LogP contribution in [0.15, 0.2) is 42.5 Å². The summed E-state index contributed by atoms with van der Waals surface area (Å²) in [6.07, 6.45) is 0. The molecule has 0 unspecified atom stereocenters. The molecule has 0 aliphatic carbocycles. The fourth-order valence-corrected chi connectivity index (χ4v) is 2.14. The Labute approximate surface area is 152 Å². The summed E-state index contributed by atoms with van der Waals surface area (Å²) in [6.45, 7) is 0.696. The molecule has 0 saturated heterocycles. The second-order valence-corrected chi connectivity index (χ2v) is 5.45. The van der Waals surface area contributed by atoms with E-state index in [9.17, 15) is 24.5 Å². The van der Waals surface area contributed by atoms with Crippen LogP contribution in [0.25, 0.3) is 0 Å². The van der Waals surface area contributed by atoms with Crippen LogP contribution < -0.4 is 4.74 Å². The van der Waals surface area contributed by atoms with E-state index in [4.69, 9.17) is 21.1 Å². The Morgan fingerprint density at radius 2 is 1.69 bits per heavy atom. The van der Waals surface area contributed by atoms with Gasteiger partial charge in [-0.1, -0.05) is 11.6 Å². The van der Waals surface area contributed by atoms with E-state index in [2.05, 4.69) is 0 Å². The van der Waals surface area contributed by atoms with Crippen molar-refractivity contribution in [2.75, 3.05) is 6.61 Å². The topological polar surface area (TPSA) is 113 Å². The van der Waals surface area contributed by atoms with Gasteiger partial charge in [0.15, 0.2) is 12.4 Å². The van der Waals surface area contributed by atoms with E-state index < -0.39 is 34.9 Å². The highest BCUT2D eigenvalue weighted by atomic mass is 35.5. The molecule has 0 fully saturated rings. The van der Waals surface area contributed by atoms with Crippen molar-refractivity contribution < 1.29 is 28.8 Å². The molecule has 0 aliphatic rings. The number of nitrogens with zero attached hydrogens (tertiary/aromatic N) is 1. The van der Waals surface area contributed by atoms with Gasteiger partial charge in [-0.25, -0.2) is 4.79 Å². The number of nitro benzene ring substituents is 1. The average Bonchev–Trinajstić information content (AvgIpc) is 2.59. The molecule has 0 aromatic heterocycles. The van der Waals surface area contributed by atoms with Gasteiger partial charge in [0.2, 0.25) is 0 Å². The second kappa shape index (κ2) is 8.21. The highest BCUT2D eigenvalue weighted by molar-refractivity contribution is 6.32. The Kier molecular flexibility index (Phi) is 6.03. The summed E-state index contributed by atoms with van der Waals surface area (Å²) >= 11 is 5.67. The predicted molar refractivity (Wildman–Crippen MR) is 90.5 cm³/mol. The van der Waals surface area contributed by atoms with E-state index in [1.807, 2.05) is 0 Å². The lowest BCUT2D eigenvalue weighted by Crippen LogP contribution is -2.14. The van der Waals surface area contributed by atoms with Crippen molar-refractivity contribution in [3.63, 3.8) is 0 Å². The first kappa shape index (κ1) is 19.1. The van der Waals surface area contributed by atoms with Crippen LogP contribution in [0.5, 0.6) is 5.75 Å². The van der Waals surface area contributed by atoms with Crippen molar-refractivity contribution in [1.29, 1.82) is 0 Å². The van der Waals surface area contributed by atoms with Crippen LogP contribution in [0.3, 0.4) is 0 Å². The smallest absolute Gasteiger partial charge is 0.338 e. The minimum atomic E-state index is -0.894. The van der Waals surface area contributed by atoms with Gasteiger partial charge in [-0.3, -0.25) is 19.7 Å². The predicted octanol–water partition coefficient (Wildman–Crippen LogP) is 3.21. The first-order chi connectivity index (χ1) is 12.3. The molecule has 0 heterocycles. The SMILES string of the molecule is CC(=O)Oc1ccc(C(=O)COC(=O)c2ccc(Cl)c([N+](=O)[O-])c2)cc1. The fraction of sp³-hybridized carbons (Fsp3) is 0.118. The van der Waals surface area contributed by atoms with Gasteiger partial charge in [0.05, 0.1) is 10.5 Å². The Morgan fingerprint density at radius 3 is 2.27 bits per heavy atom. The molecule has 0 amide bonds. The summed E-state index contributed by atoms with van der Waals surface area (Å²) in [5.41, 5.74) is -0.289. The number of hydrogen-bond acceptors (Lipinski definition) is 7. The number of nitro groups is 1. The number of halogens is 1. The van der Waals surface area contributed by atoms with Crippen molar-refractivity contribution in [1.82, 2.24) is 0 Å². The molecule has 0 radical (unpaired) electrons. The number of ether oxygens (including phenoxy) is 2. The van der Waals surface area contributed by atoms with E-state index >= 15 is 0 Å². The van der Waals surface area contributed by atoms with Crippen LogP contribution in [0, 0.1) is 10.1 Å². The second-order valence-electron chi connectivity index (χ2n) is 5.04. The van der Waals surface area contributed by atoms with Crippen molar-refractivity contribution in [3.8, 4) is 5.75 Å². The van der Waals surface area contributed by atoms with Crippen molar-refractivity contribution >= 4 is 35.0 Å². The Morgan fingerprint density at radius 1 is 1.08 bits per heavy atom. The molecule has 2 aromatic carbocycles. The minimum Gasteiger partial charge on any atom is -0.454 e. The lowest BCUT2D eigenvalue weighted by Gasteiger charge is -2.06. The number of Topliss-reactive ketones (excluding diaryl/α,β-unsaturated/α-hetero) is 1. The number of carbonyl (C=O) groups excluding carboxylic acids is 3. The lowest BCUT2D eigenvalue weighted by atomic mass is 10.1. The molecule has 0 N–H and O–H groups in total. The molecule has 26 heavy (non-hydrogen) atoms. The zero-order chi connectivity index (χ0) is 19.3. The van der Waals surface area contributed by atoms with Crippen molar-refractivity contribution in [2.24, 2.45) is 0 Å². The summed E-state index contributed by atoms with van der Waals surface area (Å²) < 4.78 is 9.72. The third-order valence-corrected chi connectivity index (χ3v) is 3.47. The fourth-order valence-electron chi connectivity index (χ4n) is 1.95. The molecular formula is C17H12ClNO7. The molecule has 2 aromatic rings. The van der Waals surface area contributed by atoms with Gasteiger partial charge in [-0.15, -0.1) is 0 Å². The summed E-state index contributed by atoms with van der Waals surface area (Å²) in [6, 6.07) is 9.13. The first-order valence-corrected chi connectivity index (χ1v) is 7.58. The van der Waals surface area contributed by atoms with E-state index in [1.54, 1.807) is 0 Å². The minimum absolute atomic E-state index is 0.0980. The number of rotatable bonds is 6. The Balaban J connectivity index is 2.00. The van der Waals surface area contributed by atoms with E-state index in [1.165, 1.54) is 43.3 Å². The van der Waals surface area contributed by atoms with E-state index in [-0.39, 0.29) is 21.9 Å². The van der Waals surface area contributed by atoms with Crippen LogP contribution in [-0.4, -0.2) is 29.3 Å². The zero-order valence-corrected chi connectivity index (χ0v) is 14.2. The van der Waals surface area contributed by atoms with Gasteiger partial charge in [0.1, 0.15) is 10.8 Å². The largest absolute Gasteiger partial charge is 0.454 e. The maximum Gasteiger partial charge on any atom is 0.338 e. The van der Waals surface area contributed by atoms with Gasteiger partial charge in [0.25, 0.3) is 5.69 Å². The molecule has 2 rings (SSSR count). The standard InChI is InChI=1S/C17H12ClNO7/c1-10(20)26-13-5-2-11(3-6-13)16(21)9-25-17(22)12-4-7-14(18)15(8-12)19(23)24/h2-8H,9H2,1H3. The summed E-state index contributed by atoms with van der Waals surface area (Å²) in [7, 11) is 0. The van der Waals surface area contributed by atoms with Crippen LogP contribution >= 0.6 is 11.6 Å². The molecule has 0 bridgehead atoms. The highest BCUT2D eigenvalue weighted by Gasteiger charge is 2.18. The van der Waals surface area contributed by atoms with E-state index in [0.29, 0.717) is 0 Å². The molecule has 134 valence electrons. The van der Waals surface area contributed by atoms with Crippen LogP contribution in [0.4, 0.5) is 5.69 Å². The van der Waals surface area contributed by atoms with Crippen molar-refractivity contribution in [3.05, 3.63) is 68.7 Å². The first-order valence-electron chi connectivity index (χ1n) is 7.20. The van der Waals surface area contributed by atoms with Crippen molar-refractivity contribution in [2.45, 2.75) is 6.92 Å². The highest BCUT2D eigenvalue weighted by Crippen LogP contribution is 2.25. The maximum absolute atomic E-state index is 12.0. The summed E-state index contributed by atoms with van der Waals surface area (Å²) in [4.78, 5) is 44.9. The maximum atomic E-state index is 12.0. The number of benzene rings is 2. The molecule has 0 spiro atoms. The molecule has 0 saturated carbocycles. The third-order valence-electron chi connectivity index (χ3n) is 3.15. The van der Waals surface area contributed by atoms with Gasteiger partial charge in [0, 0.05) is 18.6 Å². The summed E-state index contributed by atoms with van der Waals surface area (Å²) in [5, 5.41) is 10.7. The monoisotopic (exact) mass is 377 g/mol. The molecule has 0 atom stereocenters. The molecule has 0 aliphatic heterocycles. The molecule has 8 nitrogen and oxygen atoms in total. The summed E-state index contributed by atoms with van der Waals surface area (Å²) in [5.74, 6) is -1.60. The van der Waals surface area contributed by atoms with E-state index in [0.717, 1.165) is 6.07 Å². The number of esters is 2. The Hall–Kier alpha value is -3.26. The average molecular weight is 378 g/mol. The zero-order valence-electron chi connectivity index (χ0n) is 13.4. The number of ketones is 1. The normalized spacial score (nSPS) is 10.1. The third kappa shape index (κ3) is 4.87. The number of hydrogen-bond donors (Lipinski definition) is 0. The van der Waals surface area contributed by atoms with Gasteiger partial charge >= 0.3 is 11.9 Å². The quantitative estimate of drug-likeness (QED) is 0.249. The van der Waals surface area contributed by atoms with Gasteiger partial charge < -0.3 is 9.47 Å². The van der Waals surface area contributed by atoms with Gasteiger partial charge in [-0.2, -0.15) is 0 Å². The van der Waals surface area contributed by atoms with Crippen LogP contribution in [0.1, 0.15) is 27.6 Å². The van der Waals surface area contributed by atoms with Crippen LogP contribution in [0.2, 0.25) is 5.02 Å². The lowest BCUT2D eigenvalue weighted by molar-refractivity contribution is -0.384. The number of carbonyl (C=O) groups is 3.